The molecule has 0 N–H and O–H groups in total. The number of carbonyl (C=O) groups excluding carboxylic acids is 1. The Morgan fingerprint density at radius 1 is 1.32 bits per heavy atom. The highest BCUT2D eigenvalue weighted by Gasteiger charge is 2.54. The van der Waals surface area contributed by atoms with E-state index >= 15 is 0 Å². The minimum Gasteiger partial charge on any atom is -0.497 e. The number of Topliss-reactive ketones (excluding diaryl/α,β-unsaturated/α-hetero) is 1. The maximum atomic E-state index is 13.0. The second kappa shape index (κ2) is 3.72. The van der Waals surface area contributed by atoms with Crippen molar-refractivity contribution in [1.82, 2.24) is 0 Å². The van der Waals surface area contributed by atoms with E-state index in [1.165, 1.54) is 12.0 Å². The van der Waals surface area contributed by atoms with E-state index in [1.54, 1.807) is 7.11 Å². The first-order valence-corrected chi connectivity index (χ1v) is 7.13. The Kier molecular flexibility index (Phi) is 2.21. The van der Waals surface area contributed by atoms with Crippen molar-refractivity contribution >= 4 is 5.78 Å². The van der Waals surface area contributed by atoms with E-state index in [0.29, 0.717) is 17.6 Å². The normalized spacial score (nSPS) is 34.9. The van der Waals surface area contributed by atoms with Crippen molar-refractivity contribution in [3.63, 3.8) is 0 Å². The van der Waals surface area contributed by atoms with Gasteiger partial charge in [-0.3, -0.25) is 4.79 Å². The van der Waals surface area contributed by atoms with Crippen LogP contribution >= 0.6 is 0 Å². The number of rotatable bonds is 1. The van der Waals surface area contributed by atoms with Gasteiger partial charge in [-0.1, -0.05) is 18.2 Å². The van der Waals surface area contributed by atoms with E-state index in [1.807, 2.05) is 12.1 Å². The maximum absolute atomic E-state index is 13.0. The van der Waals surface area contributed by atoms with Crippen LogP contribution in [0.3, 0.4) is 0 Å². The molecular weight excluding hydrogens is 236 g/mol. The molecule has 2 nitrogen and oxygen atoms in total. The molecule has 19 heavy (non-hydrogen) atoms. The lowest BCUT2D eigenvalue weighted by Gasteiger charge is -2.38. The lowest BCUT2D eigenvalue weighted by Crippen LogP contribution is -2.39. The molecule has 0 heterocycles. The molecule has 0 radical (unpaired) electrons. The van der Waals surface area contributed by atoms with Crippen LogP contribution in [0.2, 0.25) is 0 Å². The van der Waals surface area contributed by atoms with Gasteiger partial charge in [-0.05, 0) is 55.2 Å². The fourth-order valence-corrected chi connectivity index (χ4v) is 4.35. The first-order valence-electron chi connectivity index (χ1n) is 7.13. The molecule has 1 spiro atoms. The maximum Gasteiger partial charge on any atom is 0.170 e. The molecule has 1 aromatic carbocycles. The Labute approximate surface area is 113 Å². The first kappa shape index (κ1) is 11.3. The zero-order valence-electron chi connectivity index (χ0n) is 11.2. The summed E-state index contributed by atoms with van der Waals surface area (Å²) in [7, 11) is 1.66. The molecule has 0 saturated heterocycles. The summed E-state index contributed by atoms with van der Waals surface area (Å²) >= 11 is 0. The highest BCUT2D eigenvalue weighted by molar-refractivity contribution is 6.03. The third kappa shape index (κ3) is 1.40. The minimum atomic E-state index is -0.0984. The Morgan fingerprint density at radius 3 is 2.89 bits per heavy atom. The molecule has 3 unspecified atom stereocenters. The van der Waals surface area contributed by atoms with Crippen molar-refractivity contribution < 1.29 is 9.53 Å². The molecule has 3 atom stereocenters. The monoisotopic (exact) mass is 254 g/mol. The number of methoxy groups -OCH3 is 1. The van der Waals surface area contributed by atoms with E-state index in [0.717, 1.165) is 30.6 Å². The number of carbonyl (C=O) groups is 1. The third-order valence-corrected chi connectivity index (χ3v) is 5.36. The lowest BCUT2D eigenvalue weighted by molar-refractivity contribution is 0.0702. The summed E-state index contributed by atoms with van der Waals surface area (Å²) in [5.41, 5.74) is 2.01. The van der Waals surface area contributed by atoms with Gasteiger partial charge in [0.25, 0.3) is 0 Å². The number of aryl methyl sites for hydroxylation is 1. The molecule has 2 bridgehead atoms. The first-order chi connectivity index (χ1) is 9.23. The summed E-state index contributed by atoms with van der Waals surface area (Å²) in [5.74, 6) is 2.28. The second-order valence-corrected chi connectivity index (χ2v) is 6.20. The molecule has 1 aromatic rings. The molecule has 0 aliphatic heterocycles. The van der Waals surface area contributed by atoms with Gasteiger partial charge in [0.1, 0.15) is 5.75 Å². The summed E-state index contributed by atoms with van der Waals surface area (Å²) < 4.78 is 5.28. The molecule has 1 saturated carbocycles. The highest BCUT2D eigenvalue weighted by Crippen LogP contribution is 2.57. The minimum absolute atomic E-state index is 0.0984. The van der Waals surface area contributed by atoms with Gasteiger partial charge in [-0.25, -0.2) is 0 Å². The van der Waals surface area contributed by atoms with Crippen molar-refractivity contribution in [3.8, 4) is 5.75 Å². The smallest absolute Gasteiger partial charge is 0.170 e. The van der Waals surface area contributed by atoms with Crippen LogP contribution < -0.4 is 4.74 Å². The Bertz CT molecular complexity index is 587. The Balaban J connectivity index is 1.80. The van der Waals surface area contributed by atoms with Crippen molar-refractivity contribution in [2.75, 3.05) is 7.11 Å². The number of hydrogen-bond donors (Lipinski definition) is 0. The van der Waals surface area contributed by atoms with E-state index in [-0.39, 0.29) is 5.41 Å². The highest BCUT2D eigenvalue weighted by atomic mass is 16.5. The fraction of sp³-hybridized carbons (Fsp3) is 0.471. The van der Waals surface area contributed by atoms with Gasteiger partial charge in [0.2, 0.25) is 0 Å². The lowest BCUT2D eigenvalue weighted by atomic mass is 9.63. The van der Waals surface area contributed by atoms with Crippen molar-refractivity contribution in [3.05, 3.63) is 41.5 Å². The van der Waals surface area contributed by atoms with Gasteiger partial charge >= 0.3 is 0 Å². The van der Waals surface area contributed by atoms with Crippen molar-refractivity contribution in [2.45, 2.75) is 25.7 Å². The molecule has 0 amide bonds. The van der Waals surface area contributed by atoms with Gasteiger partial charge in [-0.2, -0.15) is 0 Å². The molecule has 0 aromatic heterocycles. The summed E-state index contributed by atoms with van der Waals surface area (Å²) in [6.45, 7) is 0. The number of allylic oxidation sites excluding steroid dienone is 2. The molecule has 3 aliphatic rings. The molecule has 2 heteroatoms. The number of ketones is 1. The largest absolute Gasteiger partial charge is 0.497 e. The van der Waals surface area contributed by atoms with Gasteiger partial charge in [0.15, 0.2) is 5.78 Å². The molecule has 3 aliphatic carbocycles. The van der Waals surface area contributed by atoms with E-state index in [9.17, 15) is 4.79 Å². The van der Waals surface area contributed by atoms with Crippen molar-refractivity contribution in [2.24, 2.45) is 17.3 Å². The molecule has 4 rings (SSSR count). The standard InChI is InChI=1S/C17H18O2/c1-19-14-5-3-12-6-7-17(16(18)15(12)9-14)10-11-2-4-13(17)8-11/h2-5,9,11,13H,6-8,10H2,1H3. The molecule has 98 valence electrons. The number of hydrogen-bond acceptors (Lipinski definition) is 2. The van der Waals surface area contributed by atoms with Crippen LogP contribution in [0.5, 0.6) is 5.75 Å². The van der Waals surface area contributed by atoms with E-state index in [2.05, 4.69) is 18.2 Å². The van der Waals surface area contributed by atoms with Crippen LogP contribution in [0.1, 0.15) is 35.2 Å². The van der Waals surface area contributed by atoms with Gasteiger partial charge < -0.3 is 4.74 Å². The van der Waals surface area contributed by atoms with Crippen LogP contribution in [-0.4, -0.2) is 12.9 Å². The Morgan fingerprint density at radius 2 is 2.21 bits per heavy atom. The average Bonchev–Trinajstić information content (AvgIpc) is 3.04. The van der Waals surface area contributed by atoms with E-state index < -0.39 is 0 Å². The summed E-state index contributed by atoms with van der Waals surface area (Å²) in [4.78, 5) is 13.0. The quantitative estimate of drug-likeness (QED) is 0.718. The average molecular weight is 254 g/mol. The predicted molar refractivity (Wildman–Crippen MR) is 73.4 cm³/mol. The number of fused-ring (bicyclic) bond motifs is 4. The molecule has 1 fully saturated rings. The summed E-state index contributed by atoms with van der Waals surface area (Å²) in [6.07, 6.45) is 8.90. The SMILES string of the molecule is COc1ccc2c(c1)C(=O)C1(CC2)CC2C=CC1C2. The summed E-state index contributed by atoms with van der Waals surface area (Å²) in [6, 6.07) is 5.96. The van der Waals surface area contributed by atoms with Gasteiger partial charge in [0.05, 0.1) is 7.11 Å². The van der Waals surface area contributed by atoms with Crippen LogP contribution in [-0.2, 0) is 6.42 Å². The Hall–Kier alpha value is -1.57. The van der Waals surface area contributed by atoms with E-state index in [4.69, 9.17) is 4.74 Å². The summed E-state index contributed by atoms with van der Waals surface area (Å²) in [5, 5.41) is 0. The van der Waals surface area contributed by atoms with Crippen LogP contribution in [0.15, 0.2) is 30.4 Å². The topological polar surface area (TPSA) is 26.3 Å². The third-order valence-electron chi connectivity index (χ3n) is 5.36. The van der Waals surface area contributed by atoms with Crippen LogP contribution in [0, 0.1) is 17.3 Å². The predicted octanol–water partition coefficient (Wildman–Crippen LogP) is 3.41. The van der Waals surface area contributed by atoms with Crippen LogP contribution in [0.25, 0.3) is 0 Å². The zero-order chi connectivity index (χ0) is 13.0. The van der Waals surface area contributed by atoms with Gasteiger partial charge in [0, 0.05) is 11.0 Å². The number of ether oxygens (including phenoxy) is 1. The second-order valence-electron chi connectivity index (χ2n) is 6.20. The van der Waals surface area contributed by atoms with Crippen LogP contribution in [0.4, 0.5) is 0 Å². The zero-order valence-corrected chi connectivity index (χ0v) is 11.2. The van der Waals surface area contributed by atoms with Gasteiger partial charge in [-0.15, -0.1) is 0 Å². The van der Waals surface area contributed by atoms with Crippen molar-refractivity contribution in [1.29, 1.82) is 0 Å². The number of benzene rings is 1. The fourth-order valence-electron chi connectivity index (χ4n) is 4.35. The molecular formula is C17H18O2.